The fraction of sp³-hybridized carbons (Fsp3) is 0.473. The number of ether oxygens (including phenoxy) is 3. The van der Waals surface area contributed by atoms with E-state index in [1.165, 1.54) is 24.1 Å². The number of hydrogen-bond acceptors (Lipinski definition) is 10. The second-order valence-electron chi connectivity index (χ2n) is 20.4. The number of cyclic esters (lactones) is 1. The van der Waals surface area contributed by atoms with Crippen LogP contribution < -0.4 is 10.7 Å². The topological polar surface area (TPSA) is 165 Å². The molecule has 378 valence electrons. The van der Waals surface area contributed by atoms with Crippen molar-refractivity contribution >= 4 is 34.6 Å². The van der Waals surface area contributed by atoms with E-state index in [0.29, 0.717) is 42.7 Å². The van der Waals surface area contributed by atoms with E-state index >= 15 is 8.78 Å². The molecule has 14 nitrogen and oxygen atoms in total. The van der Waals surface area contributed by atoms with Crippen LogP contribution in [0, 0.1) is 11.3 Å². The minimum Gasteiger partial charge on any atom is -0.462 e. The molecule has 71 heavy (non-hydrogen) atoms. The monoisotopic (exact) mass is 976 g/mol. The number of aromatic nitrogens is 2. The molecule has 16 heteroatoms. The molecule has 3 aliphatic rings. The number of methoxy groups -OCH3 is 1. The summed E-state index contributed by atoms with van der Waals surface area (Å²) in [5, 5.41) is 16.8. The molecular weight excluding hydrogens is 911 g/mol. The van der Waals surface area contributed by atoms with E-state index in [0.717, 1.165) is 44.0 Å². The van der Waals surface area contributed by atoms with E-state index in [-0.39, 0.29) is 50.0 Å². The summed E-state index contributed by atoms with van der Waals surface area (Å²) < 4.78 is 50.1. The van der Waals surface area contributed by atoms with Gasteiger partial charge >= 0.3 is 5.97 Å². The number of fused-ring (bicyclic) bond motifs is 6. The summed E-state index contributed by atoms with van der Waals surface area (Å²) in [5.74, 6) is -3.45. The second-order valence-corrected chi connectivity index (χ2v) is 20.4. The van der Waals surface area contributed by atoms with Gasteiger partial charge in [0.1, 0.15) is 18.2 Å². The van der Waals surface area contributed by atoms with Crippen molar-refractivity contribution in [1.29, 1.82) is 0 Å². The minimum atomic E-state index is -2.89. The number of amides is 3. The molecule has 6 atom stereocenters. The maximum absolute atomic E-state index is 15.1. The van der Waals surface area contributed by atoms with Crippen LogP contribution >= 0.6 is 0 Å². The highest BCUT2D eigenvalue weighted by Crippen LogP contribution is 2.43. The standard InChI is InChI=1S/C55H66F2N6O8/c1-9-62-44-19-18-36-29-41(44)42(47(62)40-17-13-22-58-45(40)33(4)69-8)30-54(5,6)31-71-53(67)55(68)21-14-23-63(60-55)51(65)43(27-34-25-37(36)28-38(26-34)49(56)57)59-50(64)46(32(2)3)61(7)52(66)48-39(20-24-70-48)35-15-11-10-12-16-35/h10-13,15-19,22,25-26,28-29,32-33,39,43,46,48-49,60,68H,9,14,20-21,23-24,27,30-31H2,1-8H3,(H,59,64)/t33-,39+,43-,46-,48+,55-/m0/s1. The lowest BCUT2D eigenvalue weighted by atomic mass is 9.84. The molecule has 3 aliphatic heterocycles. The number of halogens is 2. The first-order valence-electron chi connectivity index (χ1n) is 24.6. The lowest BCUT2D eigenvalue weighted by Crippen LogP contribution is -2.67. The number of nitrogens with zero attached hydrogens (tertiary/aromatic N) is 4. The van der Waals surface area contributed by atoms with Gasteiger partial charge in [-0.1, -0.05) is 76.2 Å². The fourth-order valence-electron chi connectivity index (χ4n) is 10.7. The Hall–Kier alpha value is -6.07. The smallest absolute Gasteiger partial charge is 0.355 e. The molecule has 3 aromatic carbocycles. The van der Waals surface area contributed by atoms with Crippen molar-refractivity contribution in [3.63, 3.8) is 0 Å². The third kappa shape index (κ3) is 10.5. The predicted molar refractivity (Wildman–Crippen MR) is 265 cm³/mol. The van der Waals surface area contributed by atoms with Gasteiger partial charge in [-0.3, -0.25) is 24.4 Å². The first-order valence-corrected chi connectivity index (χ1v) is 24.6. The van der Waals surface area contributed by atoms with Gasteiger partial charge in [0.2, 0.25) is 11.6 Å². The van der Waals surface area contributed by atoms with Gasteiger partial charge in [-0.2, -0.15) is 5.43 Å². The van der Waals surface area contributed by atoms with Crippen LogP contribution in [-0.4, -0.2) is 106 Å². The highest BCUT2D eigenvalue weighted by Gasteiger charge is 2.46. The number of hydrogen-bond donors (Lipinski definition) is 3. The largest absolute Gasteiger partial charge is 0.462 e. The lowest BCUT2D eigenvalue weighted by molar-refractivity contribution is -0.189. The SMILES string of the molecule is CCn1c(-c2cccnc2[C@H](C)OC)c2c3cc(ccc31)-c1cc(cc(C(F)F)c1)C[C@H](NC(=O)[C@H](C(C)C)N(C)C(=O)[C@@H]1OCC[C@@H]1c1ccccc1)C(=O)N1CCC[C@@](O)(N1)C(=O)OCC(C)(C)C2. The van der Waals surface area contributed by atoms with Gasteiger partial charge in [0.25, 0.3) is 18.2 Å². The van der Waals surface area contributed by atoms with E-state index in [1.54, 1.807) is 33.2 Å². The fourth-order valence-corrected chi connectivity index (χ4v) is 10.7. The van der Waals surface area contributed by atoms with Gasteiger partial charge in [-0.15, -0.1) is 0 Å². The summed E-state index contributed by atoms with van der Waals surface area (Å²) in [6.07, 6.45) is -1.52. The Bertz CT molecular complexity index is 2780. The molecule has 3 N–H and O–H groups in total. The minimum absolute atomic E-state index is 0.0402. The van der Waals surface area contributed by atoms with Crippen LogP contribution in [0.3, 0.4) is 0 Å². The summed E-state index contributed by atoms with van der Waals surface area (Å²) >= 11 is 0. The Kier molecular flexibility index (Phi) is 15.1. The quantitative estimate of drug-likeness (QED) is 0.110. The van der Waals surface area contributed by atoms with Gasteiger partial charge in [-0.25, -0.2) is 13.6 Å². The highest BCUT2D eigenvalue weighted by atomic mass is 19.3. The van der Waals surface area contributed by atoms with E-state index in [4.69, 9.17) is 19.2 Å². The van der Waals surface area contributed by atoms with Crippen molar-refractivity contribution in [2.45, 2.75) is 123 Å². The molecule has 2 aromatic heterocycles. The number of hydrazine groups is 1. The number of carbonyl (C=O) groups is 4. The number of alkyl halides is 2. The Balaban J connectivity index is 1.24. The van der Waals surface area contributed by atoms with Gasteiger partial charge in [0.05, 0.1) is 24.1 Å². The Morgan fingerprint density at radius 3 is 2.49 bits per heavy atom. The number of nitrogens with one attached hydrogen (secondary N) is 2. The van der Waals surface area contributed by atoms with Crippen LogP contribution in [0.1, 0.15) is 107 Å². The maximum Gasteiger partial charge on any atom is 0.355 e. The number of likely N-dealkylation sites (N-methyl/N-ethyl adjacent to an activating group) is 1. The third-order valence-corrected chi connectivity index (χ3v) is 14.3. The van der Waals surface area contributed by atoms with Crippen molar-refractivity contribution in [3.05, 3.63) is 113 Å². The zero-order valence-corrected chi connectivity index (χ0v) is 41.8. The Labute approximate surface area is 414 Å². The predicted octanol–water partition coefficient (Wildman–Crippen LogP) is 8.06. The third-order valence-electron chi connectivity index (χ3n) is 14.3. The number of aryl methyl sites for hydroxylation is 1. The molecular formula is C55H66F2N6O8. The van der Waals surface area contributed by atoms with Crippen LogP contribution in [0.5, 0.6) is 0 Å². The summed E-state index contributed by atoms with van der Waals surface area (Å²) in [5.41, 5.74) is 6.04. The number of carbonyl (C=O) groups excluding carboxylic acids is 4. The molecule has 0 spiro atoms. The molecule has 0 radical (unpaired) electrons. The average Bonchev–Trinajstić information content (AvgIpc) is 3.97. The van der Waals surface area contributed by atoms with Gasteiger partial charge in [0, 0.05) is 86.3 Å². The van der Waals surface area contributed by atoms with Crippen LogP contribution in [0.25, 0.3) is 33.3 Å². The number of esters is 1. The number of aliphatic hydroxyl groups is 1. The number of pyridine rings is 1. The van der Waals surface area contributed by atoms with Crippen molar-refractivity contribution in [1.82, 2.24) is 30.2 Å². The molecule has 0 aliphatic carbocycles. The summed E-state index contributed by atoms with van der Waals surface area (Å²) in [6.45, 7) is 12.3. The van der Waals surface area contributed by atoms with Crippen molar-refractivity contribution < 1.29 is 47.3 Å². The molecule has 5 heterocycles. The first kappa shape index (κ1) is 51.3. The van der Waals surface area contributed by atoms with Crippen molar-refractivity contribution in [3.8, 4) is 22.4 Å². The van der Waals surface area contributed by atoms with Gasteiger partial charge < -0.3 is 34.1 Å². The maximum atomic E-state index is 15.1. The molecule has 6 bridgehead atoms. The zero-order chi connectivity index (χ0) is 50.9. The second kappa shape index (κ2) is 21.0. The number of benzene rings is 3. The molecule has 2 saturated heterocycles. The molecule has 5 aromatic rings. The van der Waals surface area contributed by atoms with Crippen LogP contribution in [0.15, 0.2) is 85.1 Å². The van der Waals surface area contributed by atoms with Crippen LogP contribution in [0.2, 0.25) is 0 Å². The zero-order valence-electron chi connectivity index (χ0n) is 41.8. The molecule has 0 saturated carbocycles. The highest BCUT2D eigenvalue weighted by molar-refractivity contribution is 5.96. The number of rotatable bonds is 11. The summed E-state index contributed by atoms with van der Waals surface area (Å²) in [4.78, 5) is 64.1. The Morgan fingerprint density at radius 2 is 1.79 bits per heavy atom. The van der Waals surface area contributed by atoms with Crippen LogP contribution in [0.4, 0.5) is 8.78 Å². The van der Waals surface area contributed by atoms with E-state index < -0.39 is 65.4 Å². The summed E-state index contributed by atoms with van der Waals surface area (Å²) in [6, 6.07) is 21.3. The normalized spacial score (nSPS) is 22.5. The molecule has 3 amide bonds. The van der Waals surface area contributed by atoms with E-state index in [9.17, 15) is 24.3 Å². The van der Waals surface area contributed by atoms with Gasteiger partial charge in [0.15, 0.2) is 0 Å². The van der Waals surface area contributed by atoms with Gasteiger partial charge in [-0.05, 0) is 97.2 Å². The molecule has 0 unspecified atom stereocenters. The van der Waals surface area contributed by atoms with Crippen molar-refractivity contribution in [2.75, 3.05) is 33.9 Å². The van der Waals surface area contributed by atoms with E-state index in [1.807, 2.05) is 88.4 Å². The molecule has 8 rings (SSSR count). The van der Waals surface area contributed by atoms with E-state index in [2.05, 4.69) is 15.3 Å². The Morgan fingerprint density at radius 1 is 1.03 bits per heavy atom. The average molecular weight is 977 g/mol. The van der Waals surface area contributed by atoms with Crippen molar-refractivity contribution in [2.24, 2.45) is 11.3 Å². The molecule has 2 fully saturated rings. The lowest BCUT2D eigenvalue weighted by Gasteiger charge is -2.40. The van der Waals surface area contributed by atoms with Crippen LogP contribution in [-0.2, 0) is 52.8 Å². The summed E-state index contributed by atoms with van der Waals surface area (Å²) in [7, 11) is 3.16. The first-order chi connectivity index (χ1) is 33.8.